The predicted octanol–water partition coefficient (Wildman–Crippen LogP) is 0.894. The summed E-state index contributed by atoms with van der Waals surface area (Å²) in [5, 5.41) is 6.60. The SMILES string of the molecule is CCNC(=NCCN1CCN(C(=O)C2CCC2)CC1)NC(C)C. The molecule has 1 amide bonds. The molecule has 2 rings (SSSR count). The summed E-state index contributed by atoms with van der Waals surface area (Å²) in [5.41, 5.74) is 0. The van der Waals surface area contributed by atoms with Crippen molar-refractivity contribution in [3.63, 3.8) is 0 Å². The summed E-state index contributed by atoms with van der Waals surface area (Å²) in [4.78, 5) is 21.3. The van der Waals surface area contributed by atoms with Gasteiger partial charge in [0.2, 0.25) is 5.91 Å². The predicted molar refractivity (Wildman–Crippen MR) is 94.6 cm³/mol. The Morgan fingerprint density at radius 3 is 2.43 bits per heavy atom. The van der Waals surface area contributed by atoms with Gasteiger partial charge >= 0.3 is 0 Å². The van der Waals surface area contributed by atoms with Gasteiger partial charge in [0, 0.05) is 51.2 Å². The average molecular weight is 323 g/mol. The lowest BCUT2D eigenvalue weighted by Gasteiger charge is -2.38. The first-order valence-electron chi connectivity index (χ1n) is 9.16. The summed E-state index contributed by atoms with van der Waals surface area (Å²) < 4.78 is 0. The zero-order chi connectivity index (χ0) is 16.7. The van der Waals surface area contributed by atoms with E-state index in [0.29, 0.717) is 17.9 Å². The van der Waals surface area contributed by atoms with Gasteiger partial charge < -0.3 is 15.5 Å². The van der Waals surface area contributed by atoms with Crippen molar-refractivity contribution in [2.75, 3.05) is 45.8 Å². The molecule has 1 saturated heterocycles. The molecule has 0 unspecified atom stereocenters. The van der Waals surface area contributed by atoms with Crippen LogP contribution in [0.5, 0.6) is 0 Å². The summed E-state index contributed by atoms with van der Waals surface area (Å²) in [7, 11) is 0. The van der Waals surface area contributed by atoms with E-state index in [2.05, 4.69) is 46.2 Å². The highest BCUT2D eigenvalue weighted by Crippen LogP contribution is 2.28. The molecule has 0 bridgehead atoms. The van der Waals surface area contributed by atoms with Gasteiger partial charge in [0.15, 0.2) is 5.96 Å². The zero-order valence-electron chi connectivity index (χ0n) is 15.0. The Morgan fingerprint density at radius 2 is 1.91 bits per heavy atom. The van der Waals surface area contributed by atoms with Crippen molar-refractivity contribution in [1.29, 1.82) is 0 Å². The van der Waals surface area contributed by atoms with E-state index in [0.717, 1.165) is 64.6 Å². The van der Waals surface area contributed by atoms with Crippen LogP contribution in [0.25, 0.3) is 0 Å². The third kappa shape index (κ3) is 5.68. The molecule has 2 fully saturated rings. The molecule has 0 radical (unpaired) electrons. The molecule has 1 aliphatic carbocycles. The van der Waals surface area contributed by atoms with Crippen LogP contribution < -0.4 is 10.6 Å². The summed E-state index contributed by atoms with van der Waals surface area (Å²) in [6.07, 6.45) is 3.43. The van der Waals surface area contributed by atoms with E-state index in [1.165, 1.54) is 6.42 Å². The molecule has 1 aliphatic heterocycles. The summed E-state index contributed by atoms with van der Waals surface area (Å²) in [6, 6.07) is 0.383. The molecule has 0 atom stereocenters. The van der Waals surface area contributed by atoms with Crippen molar-refractivity contribution in [3.8, 4) is 0 Å². The minimum absolute atomic E-state index is 0.330. The number of amides is 1. The standard InChI is InChI=1S/C17H33N5O/c1-4-18-17(20-14(2)3)19-8-9-21-10-12-22(13-11-21)16(23)15-6-5-7-15/h14-15H,4-13H2,1-3H3,(H2,18,19,20). The van der Waals surface area contributed by atoms with Crippen LogP contribution in [0.15, 0.2) is 4.99 Å². The number of carbonyl (C=O) groups is 1. The minimum Gasteiger partial charge on any atom is -0.357 e. The second kappa shape index (κ2) is 9.11. The van der Waals surface area contributed by atoms with Crippen LogP contribution in [0.4, 0.5) is 0 Å². The number of rotatable bonds is 6. The van der Waals surface area contributed by atoms with E-state index in [9.17, 15) is 4.79 Å². The lowest BCUT2D eigenvalue weighted by Crippen LogP contribution is -2.51. The second-order valence-corrected chi connectivity index (χ2v) is 6.85. The molecule has 2 aliphatic rings. The van der Waals surface area contributed by atoms with E-state index in [4.69, 9.17) is 0 Å². The van der Waals surface area contributed by atoms with Gasteiger partial charge in [0.1, 0.15) is 0 Å². The Labute approximate surface area is 140 Å². The first-order valence-corrected chi connectivity index (χ1v) is 9.16. The second-order valence-electron chi connectivity index (χ2n) is 6.85. The molecule has 0 aromatic heterocycles. The van der Waals surface area contributed by atoms with E-state index in [1.54, 1.807) is 0 Å². The highest BCUT2D eigenvalue weighted by molar-refractivity contribution is 5.80. The lowest BCUT2D eigenvalue weighted by molar-refractivity contribution is -0.139. The summed E-state index contributed by atoms with van der Waals surface area (Å²) in [6.45, 7) is 12.6. The maximum absolute atomic E-state index is 12.2. The molecular weight excluding hydrogens is 290 g/mol. The van der Waals surface area contributed by atoms with Crippen LogP contribution >= 0.6 is 0 Å². The van der Waals surface area contributed by atoms with Gasteiger partial charge in [-0.2, -0.15) is 0 Å². The van der Waals surface area contributed by atoms with Crippen LogP contribution in [0, 0.1) is 5.92 Å². The van der Waals surface area contributed by atoms with Crippen molar-refractivity contribution in [3.05, 3.63) is 0 Å². The number of guanidine groups is 1. The van der Waals surface area contributed by atoms with Crippen molar-refractivity contribution in [2.24, 2.45) is 10.9 Å². The normalized spacial score (nSPS) is 20.5. The number of piperazine rings is 1. The molecule has 2 N–H and O–H groups in total. The summed E-state index contributed by atoms with van der Waals surface area (Å²) >= 11 is 0. The maximum atomic E-state index is 12.2. The third-order valence-electron chi connectivity index (χ3n) is 4.59. The maximum Gasteiger partial charge on any atom is 0.225 e. The van der Waals surface area contributed by atoms with Crippen LogP contribution in [0.2, 0.25) is 0 Å². The molecule has 6 heteroatoms. The van der Waals surface area contributed by atoms with Crippen molar-refractivity contribution in [1.82, 2.24) is 20.4 Å². The number of hydrogen-bond acceptors (Lipinski definition) is 3. The Morgan fingerprint density at radius 1 is 1.22 bits per heavy atom. The average Bonchev–Trinajstić information content (AvgIpc) is 2.45. The fourth-order valence-corrected chi connectivity index (χ4v) is 3.00. The number of nitrogens with zero attached hydrogens (tertiary/aromatic N) is 3. The molecule has 0 aromatic carbocycles. The van der Waals surface area contributed by atoms with E-state index >= 15 is 0 Å². The highest BCUT2D eigenvalue weighted by atomic mass is 16.2. The van der Waals surface area contributed by atoms with E-state index in [-0.39, 0.29) is 0 Å². The summed E-state index contributed by atoms with van der Waals surface area (Å²) in [5.74, 6) is 1.61. The molecule has 0 spiro atoms. The Balaban J connectivity index is 1.68. The molecule has 6 nitrogen and oxygen atoms in total. The van der Waals surface area contributed by atoms with Crippen LogP contribution in [0.1, 0.15) is 40.0 Å². The first-order chi connectivity index (χ1) is 11.1. The largest absolute Gasteiger partial charge is 0.357 e. The zero-order valence-corrected chi connectivity index (χ0v) is 15.0. The number of aliphatic imine (C=N–C) groups is 1. The van der Waals surface area contributed by atoms with Gasteiger partial charge in [-0.05, 0) is 33.6 Å². The monoisotopic (exact) mass is 323 g/mol. The fraction of sp³-hybridized carbons (Fsp3) is 0.882. The van der Waals surface area contributed by atoms with Crippen molar-refractivity contribution in [2.45, 2.75) is 46.1 Å². The van der Waals surface area contributed by atoms with Gasteiger partial charge in [0.05, 0.1) is 6.54 Å². The Hall–Kier alpha value is -1.30. The van der Waals surface area contributed by atoms with E-state index < -0.39 is 0 Å². The molecular formula is C17H33N5O. The van der Waals surface area contributed by atoms with Gasteiger partial charge in [0.25, 0.3) is 0 Å². The van der Waals surface area contributed by atoms with Crippen molar-refractivity contribution >= 4 is 11.9 Å². The van der Waals surface area contributed by atoms with Gasteiger partial charge in [-0.15, -0.1) is 0 Å². The van der Waals surface area contributed by atoms with Gasteiger partial charge in [-0.25, -0.2) is 0 Å². The van der Waals surface area contributed by atoms with Crippen LogP contribution in [-0.4, -0.2) is 73.5 Å². The van der Waals surface area contributed by atoms with Crippen LogP contribution in [0.3, 0.4) is 0 Å². The Kier molecular flexibility index (Phi) is 7.15. The van der Waals surface area contributed by atoms with Gasteiger partial charge in [-0.1, -0.05) is 6.42 Å². The Bertz CT molecular complexity index is 398. The third-order valence-corrected chi connectivity index (χ3v) is 4.59. The molecule has 1 heterocycles. The number of hydrogen-bond donors (Lipinski definition) is 2. The van der Waals surface area contributed by atoms with Crippen LogP contribution in [-0.2, 0) is 4.79 Å². The number of carbonyl (C=O) groups excluding carboxylic acids is 1. The molecule has 1 saturated carbocycles. The van der Waals surface area contributed by atoms with Gasteiger partial charge in [-0.3, -0.25) is 14.7 Å². The lowest BCUT2D eigenvalue weighted by atomic mass is 9.84. The molecule has 23 heavy (non-hydrogen) atoms. The fourth-order valence-electron chi connectivity index (χ4n) is 3.00. The number of nitrogens with one attached hydrogen (secondary N) is 2. The van der Waals surface area contributed by atoms with E-state index in [1.807, 2.05) is 0 Å². The molecule has 132 valence electrons. The topological polar surface area (TPSA) is 60.0 Å². The first kappa shape index (κ1) is 18.0. The molecule has 0 aromatic rings. The quantitative estimate of drug-likeness (QED) is 0.563. The minimum atomic E-state index is 0.330. The smallest absolute Gasteiger partial charge is 0.225 e. The van der Waals surface area contributed by atoms with Crippen molar-refractivity contribution < 1.29 is 4.79 Å². The highest BCUT2D eigenvalue weighted by Gasteiger charge is 2.30.